The second-order valence-electron chi connectivity index (χ2n) is 3.52. The lowest BCUT2D eigenvalue weighted by Gasteiger charge is -2.14. The Balaban J connectivity index is 2.25. The topological polar surface area (TPSA) is 94.1 Å². The van der Waals surface area contributed by atoms with Gasteiger partial charge in [0.15, 0.2) is 17.5 Å². The lowest BCUT2D eigenvalue weighted by molar-refractivity contribution is -0.139. The van der Waals surface area contributed by atoms with Crippen LogP contribution in [-0.4, -0.2) is 31.1 Å². The van der Waals surface area contributed by atoms with Gasteiger partial charge in [-0.2, -0.15) is 0 Å². The van der Waals surface area contributed by atoms with Crippen molar-refractivity contribution in [3.63, 3.8) is 0 Å². The number of rotatable bonds is 3. The van der Waals surface area contributed by atoms with Crippen LogP contribution in [0.25, 0.3) is 0 Å². The Bertz CT molecular complexity index is 486. The number of amides is 1. The van der Waals surface area contributed by atoms with Crippen LogP contribution in [0.4, 0.5) is 4.79 Å². The van der Waals surface area contributed by atoms with Gasteiger partial charge in [0.2, 0.25) is 6.79 Å². The van der Waals surface area contributed by atoms with Crippen LogP contribution >= 0.6 is 0 Å². The number of nitrogens with one attached hydrogen (secondary N) is 1. The first-order chi connectivity index (χ1) is 8.61. The van der Waals surface area contributed by atoms with Gasteiger partial charge in [0.25, 0.3) is 0 Å². The largest absolute Gasteiger partial charge is 0.479 e. The van der Waals surface area contributed by atoms with E-state index in [1.807, 2.05) is 0 Å². The molecule has 0 fully saturated rings. The maximum atomic E-state index is 11.1. The van der Waals surface area contributed by atoms with E-state index >= 15 is 0 Å². The minimum Gasteiger partial charge on any atom is -0.479 e. The Morgan fingerprint density at radius 3 is 2.78 bits per heavy atom. The number of carboxylic acid groups (broad SMARTS) is 1. The molecule has 2 N–H and O–H groups in total. The molecule has 1 aliphatic rings. The smallest absolute Gasteiger partial charge is 0.407 e. The van der Waals surface area contributed by atoms with Crippen LogP contribution in [0.5, 0.6) is 11.5 Å². The molecule has 1 aromatic carbocycles. The number of benzene rings is 1. The Morgan fingerprint density at radius 1 is 1.39 bits per heavy atom. The molecule has 2 rings (SSSR count). The van der Waals surface area contributed by atoms with Crippen LogP contribution < -0.4 is 14.8 Å². The molecule has 0 saturated heterocycles. The van der Waals surface area contributed by atoms with Crippen molar-refractivity contribution < 1.29 is 28.9 Å². The fraction of sp³-hybridized carbons (Fsp3) is 0.273. The molecule has 1 heterocycles. The lowest BCUT2D eigenvalue weighted by Crippen LogP contribution is -2.33. The summed E-state index contributed by atoms with van der Waals surface area (Å²) < 4.78 is 14.6. The van der Waals surface area contributed by atoms with Crippen molar-refractivity contribution in [2.75, 3.05) is 13.9 Å². The molecule has 1 unspecified atom stereocenters. The minimum atomic E-state index is -1.20. The molecular formula is C11H11NO6. The van der Waals surface area contributed by atoms with Crippen molar-refractivity contribution in [3.05, 3.63) is 23.8 Å². The third-order valence-corrected chi connectivity index (χ3v) is 2.42. The Hall–Kier alpha value is -2.44. The number of hydrogen-bond donors (Lipinski definition) is 2. The molecular weight excluding hydrogens is 242 g/mol. The Labute approximate surface area is 102 Å². The first-order valence-corrected chi connectivity index (χ1v) is 5.08. The molecule has 1 aromatic rings. The Morgan fingerprint density at radius 2 is 2.11 bits per heavy atom. The fourth-order valence-corrected chi connectivity index (χ4v) is 1.56. The first-order valence-electron chi connectivity index (χ1n) is 5.08. The zero-order valence-corrected chi connectivity index (χ0v) is 9.50. The Kier molecular flexibility index (Phi) is 3.22. The molecule has 0 aliphatic carbocycles. The third-order valence-electron chi connectivity index (χ3n) is 2.42. The number of fused-ring (bicyclic) bond motifs is 1. The molecule has 1 atom stereocenters. The van der Waals surface area contributed by atoms with Crippen molar-refractivity contribution >= 4 is 12.1 Å². The van der Waals surface area contributed by atoms with Gasteiger partial charge in [-0.3, -0.25) is 0 Å². The van der Waals surface area contributed by atoms with Gasteiger partial charge in [-0.25, -0.2) is 9.59 Å². The molecule has 0 aromatic heterocycles. The molecule has 0 radical (unpaired) electrons. The quantitative estimate of drug-likeness (QED) is 0.831. The van der Waals surface area contributed by atoms with E-state index in [-0.39, 0.29) is 6.79 Å². The summed E-state index contributed by atoms with van der Waals surface area (Å²) in [6.45, 7) is 0.0982. The summed E-state index contributed by atoms with van der Waals surface area (Å²) >= 11 is 0. The van der Waals surface area contributed by atoms with Crippen LogP contribution in [0.3, 0.4) is 0 Å². The van der Waals surface area contributed by atoms with E-state index in [0.29, 0.717) is 17.1 Å². The molecule has 18 heavy (non-hydrogen) atoms. The standard InChI is InChI=1S/C11H11NO6/c1-16-11(15)12-9(10(13)14)6-2-3-7-8(4-6)18-5-17-7/h2-4,9H,5H2,1H3,(H,12,15)(H,13,14). The number of aliphatic carboxylic acids is 1. The maximum absolute atomic E-state index is 11.1. The number of carbonyl (C=O) groups excluding carboxylic acids is 1. The van der Waals surface area contributed by atoms with Crippen molar-refractivity contribution in [3.8, 4) is 11.5 Å². The summed E-state index contributed by atoms with van der Waals surface area (Å²) in [6, 6.07) is 3.44. The summed E-state index contributed by atoms with van der Waals surface area (Å²) in [5, 5.41) is 11.3. The monoisotopic (exact) mass is 253 g/mol. The lowest BCUT2D eigenvalue weighted by atomic mass is 10.1. The molecule has 0 spiro atoms. The highest BCUT2D eigenvalue weighted by Crippen LogP contribution is 2.34. The second-order valence-corrected chi connectivity index (χ2v) is 3.52. The average molecular weight is 253 g/mol. The molecule has 7 nitrogen and oxygen atoms in total. The number of ether oxygens (including phenoxy) is 3. The van der Waals surface area contributed by atoms with E-state index in [0.717, 1.165) is 7.11 Å². The van der Waals surface area contributed by atoms with Crippen LogP contribution in [0, 0.1) is 0 Å². The number of hydrogen-bond acceptors (Lipinski definition) is 5. The van der Waals surface area contributed by atoms with Crippen molar-refractivity contribution in [2.45, 2.75) is 6.04 Å². The summed E-state index contributed by atoms with van der Waals surface area (Å²) in [4.78, 5) is 22.2. The van der Waals surface area contributed by atoms with Crippen LogP contribution in [0.1, 0.15) is 11.6 Å². The average Bonchev–Trinajstić information content (AvgIpc) is 2.82. The minimum absolute atomic E-state index is 0.0982. The van der Waals surface area contributed by atoms with E-state index in [4.69, 9.17) is 14.6 Å². The third kappa shape index (κ3) is 2.29. The van der Waals surface area contributed by atoms with Gasteiger partial charge < -0.3 is 24.6 Å². The fourth-order valence-electron chi connectivity index (χ4n) is 1.56. The normalized spacial score (nSPS) is 13.8. The maximum Gasteiger partial charge on any atom is 0.407 e. The summed E-state index contributed by atoms with van der Waals surface area (Å²) in [5.41, 5.74) is 0.372. The van der Waals surface area contributed by atoms with E-state index in [1.165, 1.54) is 6.07 Å². The van der Waals surface area contributed by atoms with Gasteiger partial charge in [-0.15, -0.1) is 0 Å². The summed E-state index contributed by atoms with van der Waals surface area (Å²) in [7, 11) is 1.16. The molecule has 0 saturated carbocycles. The van der Waals surface area contributed by atoms with Crippen LogP contribution in [-0.2, 0) is 9.53 Å². The zero-order chi connectivity index (χ0) is 13.1. The SMILES string of the molecule is COC(=O)NC(C(=O)O)c1ccc2c(c1)OCO2. The number of methoxy groups -OCH3 is 1. The van der Waals surface area contributed by atoms with Crippen LogP contribution in [0.2, 0.25) is 0 Å². The van der Waals surface area contributed by atoms with Crippen molar-refractivity contribution in [2.24, 2.45) is 0 Å². The highest BCUT2D eigenvalue weighted by molar-refractivity contribution is 5.81. The highest BCUT2D eigenvalue weighted by Gasteiger charge is 2.25. The van der Waals surface area contributed by atoms with Crippen LogP contribution in [0.15, 0.2) is 18.2 Å². The molecule has 96 valence electrons. The summed E-state index contributed by atoms with van der Waals surface area (Å²) in [6.07, 6.45) is -0.819. The van der Waals surface area contributed by atoms with E-state index in [9.17, 15) is 9.59 Å². The zero-order valence-electron chi connectivity index (χ0n) is 9.50. The van der Waals surface area contributed by atoms with E-state index in [1.54, 1.807) is 12.1 Å². The van der Waals surface area contributed by atoms with Gasteiger partial charge in [0.1, 0.15) is 0 Å². The molecule has 7 heteroatoms. The van der Waals surface area contributed by atoms with Gasteiger partial charge in [-0.1, -0.05) is 6.07 Å². The second kappa shape index (κ2) is 4.82. The van der Waals surface area contributed by atoms with Gasteiger partial charge in [0, 0.05) is 0 Å². The number of carbonyl (C=O) groups is 2. The summed E-state index contributed by atoms with van der Waals surface area (Å²) in [5.74, 6) is -0.203. The highest BCUT2D eigenvalue weighted by atomic mass is 16.7. The van der Waals surface area contributed by atoms with E-state index < -0.39 is 18.1 Å². The van der Waals surface area contributed by atoms with Gasteiger partial charge >= 0.3 is 12.1 Å². The molecule has 1 amide bonds. The van der Waals surface area contributed by atoms with Gasteiger partial charge in [0.05, 0.1) is 7.11 Å². The number of alkyl carbamates (subject to hydrolysis) is 1. The molecule has 1 aliphatic heterocycles. The van der Waals surface area contributed by atoms with Crippen molar-refractivity contribution in [1.82, 2.24) is 5.32 Å². The van der Waals surface area contributed by atoms with Gasteiger partial charge in [-0.05, 0) is 17.7 Å². The predicted molar refractivity (Wildman–Crippen MR) is 58.5 cm³/mol. The molecule has 0 bridgehead atoms. The van der Waals surface area contributed by atoms with E-state index in [2.05, 4.69) is 10.1 Å². The van der Waals surface area contributed by atoms with Crippen molar-refractivity contribution in [1.29, 1.82) is 0 Å². The first kappa shape index (κ1) is 12.0. The number of carboxylic acids is 1. The predicted octanol–water partition coefficient (Wildman–Crippen LogP) is 0.897.